The van der Waals surface area contributed by atoms with Crippen molar-refractivity contribution in [3.05, 3.63) is 34.6 Å². The molecule has 88 valence electrons. The third kappa shape index (κ3) is 2.96. The Morgan fingerprint density at radius 2 is 2.19 bits per heavy atom. The quantitative estimate of drug-likeness (QED) is 0.842. The van der Waals surface area contributed by atoms with E-state index in [4.69, 9.17) is 17.3 Å². The van der Waals surface area contributed by atoms with Gasteiger partial charge in [0.2, 0.25) is 0 Å². The highest BCUT2D eigenvalue weighted by Gasteiger charge is 2.20. The summed E-state index contributed by atoms with van der Waals surface area (Å²) in [4.78, 5) is 0. The summed E-state index contributed by atoms with van der Waals surface area (Å²) in [6, 6.07) is 4.89. The summed E-state index contributed by atoms with van der Waals surface area (Å²) in [5.74, 6) is 0.350. The van der Waals surface area contributed by atoms with Gasteiger partial charge in [-0.2, -0.15) is 0 Å². The van der Waals surface area contributed by atoms with Crippen molar-refractivity contribution in [2.45, 2.75) is 38.1 Å². The molecule has 0 amide bonds. The zero-order valence-electron chi connectivity index (χ0n) is 9.26. The monoisotopic (exact) mass is 241 g/mol. The molecule has 0 radical (unpaired) electrons. The third-order valence-corrected chi connectivity index (χ3v) is 3.71. The van der Waals surface area contributed by atoms with Crippen LogP contribution >= 0.6 is 11.6 Å². The van der Waals surface area contributed by atoms with E-state index in [1.807, 2.05) is 0 Å². The molecular weight excluding hydrogens is 225 g/mol. The third-order valence-electron chi connectivity index (χ3n) is 3.34. The zero-order valence-corrected chi connectivity index (χ0v) is 10.0. The molecule has 1 saturated carbocycles. The van der Waals surface area contributed by atoms with Crippen molar-refractivity contribution < 1.29 is 4.39 Å². The van der Waals surface area contributed by atoms with E-state index in [1.54, 1.807) is 12.1 Å². The first-order valence-electron chi connectivity index (χ1n) is 5.84. The first-order valence-corrected chi connectivity index (χ1v) is 6.22. The van der Waals surface area contributed by atoms with Crippen LogP contribution < -0.4 is 5.73 Å². The van der Waals surface area contributed by atoms with E-state index in [0.717, 1.165) is 24.8 Å². The molecule has 1 aliphatic rings. The van der Waals surface area contributed by atoms with Crippen molar-refractivity contribution in [1.82, 2.24) is 0 Å². The van der Waals surface area contributed by atoms with Crippen molar-refractivity contribution in [3.8, 4) is 0 Å². The van der Waals surface area contributed by atoms with E-state index in [-0.39, 0.29) is 5.82 Å². The molecule has 0 saturated heterocycles. The fourth-order valence-electron chi connectivity index (χ4n) is 2.53. The maximum Gasteiger partial charge on any atom is 0.123 e. The molecule has 1 nitrogen and oxygen atoms in total. The lowest BCUT2D eigenvalue weighted by Gasteiger charge is -2.26. The van der Waals surface area contributed by atoms with E-state index < -0.39 is 0 Å². The van der Waals surface area contributed by atoms with Crippen LogP contribution in [0.4, 0.5) is 4.39 Å². The lowest BCUT2D eigenvalue weighted by Crippen LogP contribution is -2.28. The summed E-state index contributed by atoms with van der Waals surface area (Å²) < 4.78 is 13.1. The highest BCUT2D eigenvalue weighted by Crippen LogP contribution is 2.29. The maximum absolute atomic E-state index is 13.1. The van der Waals surface area contributed by atoms with E-state index >= 15 is 0 Å². The van der Waals surface area contributed by atoms with Crippen LogP contribution in [-0.4, -0.2) is 6.04 Å². The summed E-state index contributed by atoms with van der Waals surface area (Å²) >= 11 is 6.05. The van der Waals surface area contributed by atoms with Crippen LogP contribution in [0.5, 0.6) is 0 Å². The van der Waals surface area contributed by atoms with Crippen LogP contribution in [-0.2, 0) is 6.42 Å². The van der Waals surface area contributed by atoms with Gasteiger partial charge in [0.25, 0.3) is 0 Å². The van der Waals surface area contributed by atoms with Gasteiger partial charge in [0.15, 0.2) is 0 Å². The van der Waals surface area contributed by atoms with Crippen molar-refractivity contribution in [3.63, 3.8) is 0 Å². The van der Waals surface area contributed by atoms with E-state index in [1.165, 1.54) is 18.9 Å². The van der Waals surface area contributed by atoms with Crippen LogP contribution in [0.15, 0.2) is 18.2 Å². The largest absolute Gasteiger partial charge is 0.328 e. The van der Waals surface area contributed by atoms with E-state index in [0.29, 0.717) is 17.0 Å². The fourth-order valence-corrected chi connectivity index (χ4v) is 2.72. The van der Waals surface area contributed by atoms with Crippen molar-refractivity contribution >= 4 is 11.6 Å². The molecule has 16 heavy (non-hydrogen) atoms. The van der Waals surface area contributed by atoms with E-state index in [2.05, 4.69) is 0 Å². The minimum Gasteiger partial charge on any atom is -0.328 e. The number of nitrogens with two attached hydrogens (primary N) is 1. The van der Waals surface area contributed by atoms with Crippen LogP contribution in [0.1, 0.15) is 31.2 Å². The molecule has 2 atom stereocenters. The number of hydrogen-bond donors (Lipinski definition) is 1. The Morgan fingerprint density at radius 1 is 1.38 bits per heavy atom. The van der Waals surface area contributed by atoms with Crippen LogP contribution in [0.3, 0.4) is 0 Å². The molecule has 0 spiro atoms. The average molecular weight is 242 g/mol. The molecule has 1 fully saturated rings. The molecule has 1 aliphatic carbocycles. The lowest BCUT2D eigenvalue weighted by atomic mass is 9.82. The number of benzene rings is 1. The summed E-state index contributed by atoms with van der Waals surface area (Å²) in [5, 5.41) is 0.667. The summed E-state index contributed by atoms with van der Waals surface area (Å²) in [7, 11) is 0. The van der Waals surface area contributed by atoms with Crippen LogP contribution in [0.2, 0.25) is 5.02 Å². The maximum atomic E-state index is 13.1. The smallest absolute Gasteiger partial charge is 0.123 e. The minimum atomic E-state index is -0.209. The average Bonchev–Trinajstić information content (AvgIpc) is 2.24. The Kier molecular flexibility index (Phi) is 3.82. The molecular formula is C13H17ClFN. The van der Waals surface area contributed by atoms with Gasteiger partial charge >= 0.3 is 0 Å². The first kappa shape index (κ1) is 11.9. The van der Waals surface area contributed by atoms with Gasteiger partial charge in [-0.1, -0.05) is 24.4 Å². The van der Waals surface area contributed by atoms with Gasteiger partial charge in [-0.3, -0.25) is 0 Å². The summed E-state index contributed by atoms with van der Waals surface area (Å²) in [5.41, 5.74) is 6.86. The standard InChI is InChI=1S/C13H17ClFN/c14-13-5-4-11(15)8-10(13)6-9-2-1-3-12(16)7-9/h4-5,8-9,12H,1-3,6-7,16H2. The van der Waals surface area contributed by atoms with Gasteiger partial charge < -0.3 is 5.73 Å². The highest BCUT2D eigenvalue weighted by molar-refractivity contribution is 6.31. The van der Waals surface area contributed by atoms with Crippen LogP contribution in [0, 0.1) is 11.7 Å². The molecule has 1 aromatic rings. The van der Waals surface area contributed by atoms with Crippen molar-refractivity contribution in [1.29, 1.82) is 0 Å². The van der Waals surface area contributed by atoms with E-state index in [9.17, 15) is 4.39 Å². The molecule has 0 heterocycles. The van der Waals surface area contributed by atoms with Gasteiger partial charge in [-0.05, 0) is 48.9 Å². The SMILES string of the molecule is NC1CCCC(Cc2cc(F)ccc2Cl)C1. The Balaban J connectivity index is 2.05. The van der Waals surface area contributed by atoms with Gasteiger partial charge in [0, 0.05) is 11.1 Å². The molecule has 2 N–H and O–H groups in total. The molecule has 2 rings (SSSR count). The highest BCUT2D eigenvalue weighted by atomic mass is 35.5. The molecule has 0 bridgehead atoms. The number of rotatable bonds is 2. The Labute approximate surface area is 101 Å². The second kappa shape index (κ2) is 5.15. The second-order valence-corrected chi connectivity index (χ2v) is 5.14. The number of hydrogen-bond acceptors (Lipinski definition) is 1. The Hall–Kier alpha value is -0.600. The molecule has 1 aromatic carbocycles. The lowest BCUT2D eigenvalue weighted by molar-refractivity contribution is 0.320. The second-order valence-electron chi connectivity index (χ2n) is 4.73. The van der Waals surface area contributed by atoms with Gasteiger partial charge in [0.1, 0.15) is 5.82 Å². The molecule has 3 heteroatoms. The van der Waals surface area contributed by atoms with Gasteiger partial charge in [-0.25, -0.2) is 4.39 Å². The fraction of sp³-hybridized carbons (Fsp3) is 0.538. The Morgan fingerprint density at radius 3 is 2.94 bits per heavy atom. The topological polar surface area (TPSA) is 26.0 Å². The zero-order chi connectivity index (χ0) is 11.5. The predicted molar refractivity (Wildman–Crippen MR) is 65.0 cm³/mol. The minimum absolute atomic E-state index is 0.209. The summed E-state index contributed by atoms with van der Waals surface area (Å²) in [6.07, 6.45) is 5.36. The Bertz CT molecular complexity index is 367. The molecule has 0 aliphatic heterocycles. The van der Waals surface area contributed by atoms with Crippen molar-refractivity contribution in [2.24, 2.45) is 11.7 Å². The predicted octanol–water partition coefficient (Wildman–Crippen LogP) is 3.54. The van der Waals surface area contributed by atoms with Gasteiger partial charge in [0.05, 0.1) is 0 Å². The van der Waals surface area contributed by atoms with Crippen molar-refractivity contribution in [2.75, 3.05) is 0 Å². The molecule has 0 aromatic heterocycles. The first-order chi connectivity index (χ1) is 7.65. The summed E-state index contributed by atoms with van der Waals surface area (Å²) in [6.45, 7) is 0. The normalized spacial score (nSPS) is 25.7. The number of halogens is 2. The van der Waals surface area contributed by atoms with Gasteiger partial charge in [-0.15, -0.1) is 0 Å². The van der Waals surface area contributed by atoms with Crippen LogP contribution in [0.25, 0.3) is 0 Å². The molecule has 2 unspecified atom stereocenters.